The Bertz CT molecular complexity index is 939. The van der Waals surface area contributed by atoms with Crippen molar-refractivity contribution in [3.05, 3.63) is 18.1 Å². The second kappa shape index (κ2) is 8.10. The molecule has 0 radical (unpaired) electrons. The summed E-state index contributed by atoms with van der Waals surface area (Å²) in [7, 11) is -3.86. The highest BCUT2D eigenvalue weighted by Crippen LogP contribution is 2.38. The Morgan fingerprint density at radius 2 is 2.18 bits per heavy atom. The fourth-order valence-electron chi connectivity index (χ4n) is 2.88. The number of nitriles is 1. The highest BCUT2D eigenvalue weighted by Gasteiger charge is 2.44. The number of nitrogens with one attached hydrogen (secondary N) is 1. The molecule has 1 unspecified atom stereocenters. The first-order chi connectivity index (χ1) is 13.2. The van der Waals surface area contributed by atoms with Gasteiger partial charge in [0, 0.05) is 19.4 Å². The Labute approximate surface area is 159 Å². The minimum Gasteiger partial charge on any atom is -0.387 e. The molecule has 152 valence electrons. The Hall–Kier alpha value is -2.10. The number of anilines is 1. The minimum atomic E-state index is -3.86. The van der Waals surface area contributed by atoms with Crippen molar-refractivity contribution in [3.8, 4) is 6.07 Å². The molecule has 3 rings (SSSR count). The molecular formula is C15H20N5O7P. The van der Waals surface area contributed by atoms with E-state index in [-0.39, 0.29) is 12.4 Å². The topological polar surface area (TPSA) is 172 Å². The summed E-state index contributed by atoms with van der Waals surface area (Å²) in [4.78, 5) is 22.0. The van der Waals surface area contributed by atoms with Gasteiger partial charge in [0.1, 0.15) is 42.5 Å². The Balaban J connectivity index is 1.87. The lowest BCUT2D eigenvalue weighted by atomic mass is 10.1. The molecule has 0 amide bonds. The van der Waals surface area contributed by atoms with E-state index < -0.39 is 32.1 Å². The molecule has 12 nitrogen and oxygen atoms in total. The van der Waals surface area contributed by atoms with Gasteiger partial charge in [-0.2, -0.15) is 5.26 Å². The van der Waals surface area contributed by atoms with Gasteiger partial charge in [-0.15, -0.1) is 4.67 Å². The molecule has 2 aromatic rings. The summed E-state index contributed by atoms with van der Waals surface area (Å²) in [5.41, 5.74) is 0.338. The van der Waals surface area contributed by atoms with Crippen molar-refractivity contribution in [3.63, 3.8) is 0 Å². The van der Waals surface area contributed by atoms with Crippen molar-refractivity contribution in [2.24, 2.45) is 0 Å². The molecular weight excluding hydrogens is 393 g/mol. The lowest BCUT2D eigenvalue weighted by molar-refractivity contribution is -0.238. The number of aliphatic hydroxyl groups excluding tert-OH is 2. The van der Waals surface area contributed by atoms with Crippen molar-refractivity contribution in [2.75, 3.05) is 25.1 Å². The minimum absolute atomic E-state index is 0.0636. The van der Waals surface area contributed by atoms with Gasteiger partial charge in [0.2, 0.25) is 5.82 Å². The van der Waals surface area contributed by atoms with Crippen LogP contribution in [0.1, 0.15) is 19.0 Å². The number of fused-ring (bicyclic) bond motifs is 1. The summed E-state index contributed by atoms with van der Waals surface area (Å²) in [5.74, 6) is 0.400. The van der Waals surface area contributed by atoms with Crippen LogP contribution in [0.5, 0.6) is 0 Å². The van der Waals surface area contributed by atoms with Crippen LogP contribution in [0.3, 0.4) is 0 Å². The number of aliphatic hydroxyl groups is 2. The molecule has 1 fully saturated rings. The van der Waals surface area contributed by atoms with E-state index in [1.165, 1.54) is 4.57 Å². The number of hydrogen-bond donors (Lipinski definition) is 4. The average molecular weight is 413 g/mol. The molecule has 4 N–H and O–H groups in total. The van der Waals surface area contributed by atoms with Gasteiger partial charge in [-0.3, -0.25) is 4.57 Å². The van der Waals surface area contributed by atoms with E-state index in [0.29, 0.717) is 23.4 Å². The maximum absolute atomic E-state index is 11.1. The van der Waals surface area contributed by atoms with Crippen molar-refractivity contribution in [2.45, 2.75) is 31.5 Å². The third-order valence-corrected chi connectivity index (χ3v) is 4.43. The van der Waals surface area contributed by atoms with E-state index in [1.807, 2.05) is 13.0 Å². The van der Waals surface area contributed by atoms with Crippen molar-refractivity contribution in [1.82, 2.24) is 14.5 Å². The highest BCUT2D eigenvalue weighted by atomic mass is 31.2. The van der Waals surface area contributed by atoms with Gasteiger partial charge in [-0.1, -0.05) is 0 Å². The van der Waals surface area contributed by atoms with Gasteiger partial charge in [-0.25, -0.2) is 14.9 Å². The van der Waals surface area contributed by atoms with Crippen molar-refractivity contribution < 1.29 is 34.0 Å². The summed E-state index contributed by atoms with van der Waals surface area (Å²) in [5, 5.41) is 33.4. The number of nitrogens with zero attached hydrogens (tertiary/aromatic N) is 4. The van der Waals surface area contributed by atoms with Crippen LogP contribution >= 0.6 is 7.60 Å². The van der Waals surface area contributed by atoms with Crippen LogP contribution in [-0.2, 0) is 18.9 Å². The average Bonchev–Trinajstić information content (AvgIpc) is 3.17. The summed E-state index contributed by atoms with van der Waals surface area (Å²) >= 11 is 0. The number of aromatic nitrogens is 3. The van der Waals surface area contributed by atoms with Crippen LogP contribution in [0, 0.1) is 11.3 Å². The fourth-order valence-corrected chi connectivity index (χ4v) is 3.14. The molecule has 2 aromatic heterocycles. The second-order valence-corrected chi connectivity index (χ2v) is 7.96. The molecule has 5 atom stereocenters. The molecule has 0 aromatic carbocycles. The molecule has 0 aliphatic carbocycles. The standard InChI is InChI=1S/C15H20N5O7P/c1-3-17-13-8-4-5-20(14(8)19-10(6-16)18-13)15-12(22)11(21)9(26-15)7-25-27-28(2,23)24/h4-5,9,11-12,15,21-22H,3,7H2,1-2H3,(H,23,24)(H,17,18,19)/t9-,11-,12-,15-/m1/s1. The predicted molar refractivity (Wildman–Crippen MR) is 95.1 cm³/mol. The normalized spacial score (nSPS) is 26.9. The predicted octanol–water partition coefficient (Wildman–Crippen LogP) is 0.117. The quantitative estimate of drug-likeness (QED) is 0.276. The molecule has 0 spiro atoms. The summed E-state index contributed by atoms with van der Waals surface area (Å²) < 4.78 is 22.5. The largest absolute Gasteiger partial charge is 0.387 e. The van der Waals surface area contributed by atoms with Crippen molar-refractivity contribution >= 4 is 24.4 Å². The van der Waals surface area contributed by atoms with Gasteiger partial charge in [0.15, 0.2) is 6.23 Å². The van der Waals surface area contributed by atoms with Crippen LogP contribution in [-0.4, -0.2) is 67.8 Å². The number of rotatable bonds is 7. The molecule has 3 heterocycles. The first-order valence-corrected chi connectivity index (χ1v) is 10.4. The zero-order chi connectivity index (χ0) is 20.5. The Morgan fingerprint density at radius 1 is 1.43 bits per heavy atom. The van der Waals surface area contributed by atoms with Gasteiger partial charge in [-0.05, 0) is 13.0 Å². The first kappa shape index (κ1) is 20.6. The molecule has 0 saturated carbocycles. The van der Waals surface area contributed by atoms with E-state index >= 15 is 0 Å². The molecule has 0 bridgehead atoms. The number of ether oxygens (including phenoxy) is 1. The Morgan fingerprint density at radius 3 is 2.82 bits per heavy atom. The third kappa shape index (κ3) is 4.16. The lowest BCUT2D eigenvalue weighted by Crippen LogP contribution is -2.33. The monoisotopic (exact) mass is 413 g/mol. The number of hydrogen-bond acceptors (Lipinski definition) is 10. The molecule has 13 heteroatoms. The van der Waals surface area contributed by atoms with Crippen LogP contribution in [0.2, 0.25) is 0 Å². The molecule has 1 aliphatic rings. The Kier molecular flexibility index (Phi) is 5.97. The fraction of sp³-hybridized carbons (Fsp3) is 0.533. The van der Waals surface area contributed by atoms with Gasteiger partial charge >= 0.3 is 7.60 Å². The van der Waals surface area contributed by atoms with Gasteiger partial charge in [0.25, 0.3) is 0 Å². The maximum atomic E-state index is 11.1. The van der Waals surface area contributed by atoms with Gasteiger partial charge < -0.3 is 29.7 Å². The van der Waals surface area contributed by atoms with Crippen LogP contribution in [0.4, 0.5) is 5.82 Å². The second-order valence-electron chi connectivity index (χ2n) is 6.21. The molecule has 28 heavy (non-hydrogen) atoms. The summed E-state index contributed by atoms with van der Waals surface area (Å²) in [6, 6.07) is 3.58. The van der Waals surface area contributed by atoms with E-state index in [9.17, 15) is 20.0 Å². The van der Waals surface area contributed by atoms with E-state index in [4.69, 9.17) is 9.63 Å². The zero-order valence-electron chi connectivity index (χ0n) is 15.1. The van der Waals surface area contributed by atoms with Crippen molar-refractivity contribution in [1.29, 1.82) is 5.26 Å². The van der Waals surface area contributed by atoms with Crippen LogP contribution in [0.25, 0.3) is 11.0 Å². The van der Waals surface area contributed by atoms with Crippen LogP contribution < -0.4 is 5.32 Å². The smallest absolute Gasteiger partial charge is 0.352 e. The van der Waals surface area contributed by atoms with E-state index in [1.54, 1.807) is 12.3 Å². The highest BCUT2D eigenvalue weighted by molar-refractivity contribution is 7.51. The van der Waals surface area contributed by atoms with Crippen LogP contribution in [0.15, 0.2) is 12.3 Å². The maximum Gasteiger partial charge on any atom is 0.352 e. The third-order valence-electron chi connectivity index (χ3n) is 4.05. The first-order valence-electron chi connectivity index (χ1n) is 8.40. The van der Waals surface area contributed by atoms with E-state index in [0.717, 1.165) is 6.66 Å². The lowest BCUT2D eigenvalue weighted by Gasteiger charge is -2.17. The molecule has 1 saturated heterocycles. The summed E-state index contributed by atoms with van der Waals surface area (Å²) in [6.07, 6.45) is -3.13. The van der Waals surface area contributed by atoms with Gasteiger partial charge in [0.05, 0.1) is 5.39 Å². The van der Waals surface area contributed by atoms with E-state index in [2.05, 4.69) is 24.8 Å². The SMILES string of the molecule is CCNc1nc(C#N)nc2c1ccn2[C@@H]1O[C@H](COOP(C)(=O)O)[C@@H](O)[C@H]1O. The summed E-state index contributed by atoms with van der Waals surface area (Å²) in [6.45, 7) is 3.02. The molecule has 1 aliphatic heterocycles. The zero-order valence-corrected chi connectivity index (χ0v) is 16.0.